The molecule has 1 heterocycles. The van der Waals surface area contributed by atoms with E-state index in [0.29, 0.717) is 27.9 Å². The molecule has 0 aliphatic carbocycles. The topological polar surface area (TPSA) is 155 Å². The number of aromatic hydroxyl groups is 1. The fourth-order valence-electron chi connectivity index (χ4n) is 3.85. The summed E-state index contributed by atoms with van der Waals surface area (Å²) in [5, 5.41) is 22.5. The molecule has 4 rings (SSSR count). The van der Waals surface area contributed by atoms with Gasteiger partial charge in [0.1, 0.15) is 6.54 Å². The van der Waals surface area contributed by atoms with Crippen molar-refractivity contribution in [3.05, 3.63) is 94.0 Å². The van der Waals surface area contributed by atoms with Crippen LogP contribution in [-0.4, -0.2) is 59.6 Å². The second-order valence-corrected chi connectivity index (χ2v) is 10.3. The van der Waals surface area contributed by atoms with Crippen LogP contribution in [0.4, 0.5) is 11.4 Å². The van der Waals surface area contributed by atoms with Crippen LogP contribution in [0.2, 0.25) is 0 Å². The number of benzene rings is 3. The Morgan fingerprint density at radius 2 is 1.79 bits per heavy atom. The van der Waals surface area contributed by atoms with Crippen molar-refractivity contribution < 1.29 is 28.0 Å². The van der Waals surface area contributed by atoms with E-state index < -0.39 is 27.5 Å². The number of nitro benzene ring substituents is 1. The van der Waals surface area contributed by atoms with Crippen molar-refractivity contribution in [3.63, 3.8) is 0 Å². The van der Waals surface area contributed by atoms with Crippen molar-refractivity contribution in [2.24, 2.45) is 4.99 Å². The van der Waals surface area contributed by atoms with Crippen molar-refractivity contribution in [2.45, 2.75) is 11.8 Å². The number of ether oxygens (including phenoxy) is 1. The number of esters is 1. The van der Waals surface area contributed by atoms with Crippen LogP contribution in [0.15, 0.2) is 82.7 Å². The molecule has 0 amide bonds. The van der Waals surface area contributed by atoms with Gasteiger partial charge < -0.3 is 14.8 Å². The number of hydrogen-bond acceptors (Lipinski definition) is 8. The molecule has 196 valence electrons. The number of fused-ring (bicyclic) bond motifs is 1. The van der Waals surface area contributed by atoms with E-state index in [9.17, 15) is 28.4 Å². The largest absolute Gasteiger partial charge is 0.494 e. The molecule has 0 aliphatic rings. The lowest BCUT2D eigenvalue weighted by Crippen LogP contribution is -2.33. The summed E-state index contributed by atoms with van der Waals surface area (Å²) in [6.45, 7) is 1.34. The van der Waals surface area contributed by atoms with Crippen LogP contribution in [0.1, 0.15) is 18.1 Å². The molecule has 0 fully saturated rings. The van der Waals surface area contributed by atoms with Crippen LogP contribution in [-0.2, 0) is 19.6 Å². The van der Waals surface area contributed by atoms with E-state index in [4.69, 9.17) is 4.74 Å². The molecule has 12 heteroatoms. The Morgan fingerprint density at radius 1 is 1.11 bits per heavy atom. The highest BCUT2D eigenvalue weighted by Gasteiger charge is 2.24. The van der Waals surface area contributed by atoms with Crippen LogP contribution >= 0.6 is 0 Å². The van der Waals surface area contributed by atoms with Gasteiger partial charge in [-0.1, -0.05) is 30.3 Å². The van der Waals surface area contributed by atoms with E-state index in [0.717, 1.165) is 4.31 Å². The smallest absolute Gasteiger partial charge is 0.321 e. The lowest BCUT2D eigenvalue weighted by molar-refractivity contribution is -0.384. The minimum Gasteiger partial charge on any atom is -0.494 e. The van der Waals surface area contributed by atoms with E-state index in [1.165, 1.54) is 49.5 Å². The average molecular weight is 537 g/mol. The standard InChI is InChI=1S/C26H24N4O7S/c1-3-37-23(31)16-29(2)38(35,36)20-12-9-18(10-13-20)27-25(17-7-5-4-6-8-17)24-21-15-19(30(33)34)11-14-22(21)28-26(24)32/h4-15,28,32H,3,16H2,1-2H3. The van der Waals surface area contributed by atoms with Gasteiger partial charge in [-0.3, -0.25) is 14.9 Å². The quantitative estimate of drug-likeness (QED) is 0.141. The zero-order chi connectivity index (χ0) is 27.4. The maximum Gasteiger partial charge on any atom is 0.321 e. The monoisotopic (exact) mass is 536 g/mol. The molecule has 0 radical (unpaired) electrons. The number of aliphatic imine (C=N–C) groups is 1. The number of non-ortho nitro benzene ring substituents is 1. The first-order valence-corrected chi connectivity index (χ1v) is 12.9. The molecule has 38 heavy (non-hydrogen) atoms. The van der Waals surface area contributed by atoms with E-state index in [2.05, 4.69) is 9.98 Å². The summed E-state index contributed by atoms with van der Waals surface area (Å²) in [7, 11) is -2.68. The number of carbonyl (C=O) groups excluding carboxylic acids is 1. The molecule has 0 saturated carbocycles. The van der Waals surface area contributed by atoms with Crippen molar-refractivity contribution in [1.29, 1.82) is 0 Å². The number of rotatable bonds is 9. The maximum absolute atomic E-state index is 12.9. The second kappa shape index (κ2) is 10.8. The number of aromatic amines is 1. The van der Waals surface area contributed by atoms with Gasteiger partial charge in [-0.15, -0.1) is 0 Å². The van der Waals surface area contributed by atoms with Gasteiger partial charge in [0.2, 0.25) is 10.0 Å². The first kappa shape index (κ1) is 26.5. The number of nitrogens with one attached hydrogen (secondary N) is 1. The molecule has 0 spiro atoms. The summed E-state index contributed by atoms with van der Waals surface area (Å²) in [6.07, 6.45) is 0. The molecule has 0 aliphatic heterocycles. The highest BCUT2D eigenvalue weighted by Crippen LogP contribution is 2.33. The molecule has 1 aromatic heterocycles. The van der Waals surface area contributed by atoms with Crippen LogP contribution in [0.3, 0.4) is 0 Å². The Balaban J connectivity index is 1.78. The number of hydrogen-bond donors (Lipinski definition) is 2. The predicted octanol–water partition coefficient (Wildman–Crippen LogP) is 4.13. The third-order valence-corrected chi connectivity index (χ3v) is 7.52. The van der Waals surface area contributed by atoms with Crippen molar-refractivity contribution in [1.82, 2.24) is 9.29 Å². The van der Waals surface area contributed by atoms with Crippen molar-refractivity contribution >= 4 is 44.0 Å². The van der Waals surface area contributed by atoms with E-state index in [1.54, 1.807) is 31.2 Å². The number of H-pyrrole nitrogens is 1. The maximum atomic E-state index is 12.9. The molecule has 0 bridgehead atoms. The van der Waals surface area contributed by atoms with Crippen molar-refractivity contribution in [3.8, 4) is 5.88 Å². The second-order valence-electron chi connectivity index (χ2n) is 8.22. The van der Waals surface area contributed by atoms with Crippen LogP contribution in [0.5, 0.6) is 5.88 Å². The molecular weight excluding hydrogens is 512 g/mol. The normalized spacial score (nSPS) is 12.1. The summed E-state index contributed by atoms with van der Waals surface area (Å²) in [6, 6.07) is 18.8. The van der Waals surface area contributed by atoms with Gasteiger partial charge >= 0.3 is 5.97 Å². The SMILES string of the molecule is CCOC(=O)CN(C)S(=O)(=O)c1ccc(N=C(c2ccccc2)c2c(O)[nH]c3ccc([N+](=O)[O-])cc23)cc1. The highest BCUT2D eigenvalue weighted by atomic mass is 32.2. The molecule has 2 N–H and O–H groups in total. The molecular formula is C26H24N4O7S. The molecule has 0 atom stereocenters. The Bertz CT molecular complexity index is 1630. The van der Waals surface area contributed by atoms with Gasteiger partial charge in [0.15, 0.2) is 5.88 Å². The molecule has 0 unspecified atom stereocenters. The number of aromatic nitrogens is 1. The Labute approximate surface area is 218 Å². The van der Waals surface area contributed by atoms with Gasteiger partial charge in [0.05, 0.1) is 33.4 Å². The summed E-state index contributed by atoms with van der Waals surface area (Å²) in [5.74, 6) is -0.881. The fraction of sp³-hybridized carbons (Fsp3) is 0.154. The van der Waals surface area contributed by atoms with Gasteiger partial charge in [-0.2, -0.15) is 4.31 Å². The van der Waals surface area contributed by atoms with Gasteiger partial charge in [-0.25, -0.2) is 13.4 Å². The highest BCUT2D eigenvalue weighted by molar-refractivity contribution is 7.89. The Morgan fingerprint density at radius 3 is 2.42 bits per heavy atom. The van der Waals surface area contributed by atoms with E-state index >= 15 is 0 Å². The minimum absolute atomic E-state index is 0.0462. The summed E-state index contributed by atoms with van der Waals surface area (Å²) < 4.78 is 31.5. The zero-order valence-electron chi connectivity index (χ0n) is 20.5. The molecule has 11 nitrogen and oxygen atoms in total. The first-order valence-electron chi connectivity index (χ1n) is 11.5. The zero-order valence-corrected chi connectivity index (χ0v) is 21.3. The van der Waals surface area contributed by atoms with Crippen LogP contribution in [0.25, 0.3) is 10.9 Å². The Hall–Kier alpha value is -4.55. The van der Waals surface area contributed by atoms with Crippen LogP contribution < -0.4 is 0 Å². The van der Waals surface area contributed by atoms with Gasteiger partial charge in [0, 0.05) is 35.6 Å². The summed E-state index contributed by atoms with van der Waals surface area (Å²) >= 11 is 0. The third kappa shape index (κ3) is 5.41. The Kier molecular flexibility index (Phi) is 7.55. The third-order valence-electron chi connectivity index (χ3n) is 5.70. The number of nitrogens with zero attached hydrogens (tertiary/aromatic N) is 3. The lowest BCUT2D eigenvalue weighted by atomic mass is 10.0. The van der Waals surface area contributed by atoms with E-state index in [1.807, 2.05) is 6.07 Å². The van der Waals surface area contributed by atoms with Crippen LogP contribution in [0, 0.1) is 10.1 Å². The van der Waals surface area contributed by atoms with Gasteiger partial charge in [0.25, 0.3) is 5.69 Å². The minimum atomic E-state index is -3.97. The van der Waals surface area contributed by atoms with Gasteiger partial charge in [-0.05, 0) is 37.3 Å². The van der Waals surface area contributed by atoms with E-state index in [-0.39, 0.29) is 28.6 Å². The lowest BCUT2D eigenvalue weighted by Gasteiger charge is -2.16. The number of nitro groups is 1. The molecule has 4 aromatic rings. The number of sulfonamides is 1. The summed E-state index contributed by atoms with van der Waals surface area (Å²) in [5.41, 5.74) is 1.92. The number of carbonyl (C=O) groups is 1. The summed E-state index contributed by atoms with van der Waals surface area (Å²) in [4.78, 5) is 30.0. The molecule has 0 saturated heterocycles. The predicted molar refractivity (Wildman–Crippen MR) is 141 cm³/mol. The van der Waals surface area contributed by atoms with Crippen molar-refractivity contribution in [2.75, 3.05) is 20.2 Å². The average Bonchev–Trinajstić information content (AvgIpc) is 3.22. The first-order chi connectivity index (χ1) is 18.1. The molecule has 3 aromatic carbocycles. The number of likely N-dealkylation sites (N-methyl/N-ethyl adjacent to an activating group) is 1. The fourth-order valence-corrected chi connectivity index (χ4v) is 4.97.